The van der Waals surface area contributed by atoms with Crippen molar-refractivity contribution in [2.75, 3.05) is 19.6 Å². The number of nitrogens with one attached hydrogen (secondary N) is 1. The third kappa shape index (κ3) is 2.86. The lowest BCUT2D eigenvalue weighted by atomic mass is 9.78. The van der Waals surface area contributed by atoms with Crippen LogP contribution in [0, 0.1) is 11.8 Å². The fourth-order valence-electron chi connectivity index (χ4n) is 3.43. The van der Waals surface area contributed by atoms with Crippen molar-refractivity contribution in [2.24, 2.45) is 17.6 Å². The van der Waals surface area contributed by atoms with Crippen molar-refractivity contribution in [1.29, 1.82) is 0 Å². The molecule has 2 fully saturated rings. The molecule has 1 aliphatic heterocycles. The molecule has 3 N–H and O–H groups in total. The number of hydrogen-bond acceptors (Lipinski definition) is 3. The molecule has 0 aromatic heterocycles. The molecule has 1 aliphatic carbocycles. The maximum atomic E-state index is 12.0. The normalized spacial score (nSPS) is 34.1. The maximum absolute atomic E-state index is 12.0. The van der Waals surface area contributed by atoms with Crippen molar-refractivity contribution < 1.29 is 4.79 Å². The van der Waals surface area contributed by atoms with Gasteiger partial charge in [-0.3, -0.25) is 9.69 Å². The topological polar surface area (TPSA) is 58.4 Å². The summed E-state index contributed by atoms with van der Waals surface area (Å²) in [5, 5.41) is 2.99. The number of amides is 1. The minimum Gasteiger partial charge on any atom is -0.355 e. The highest BCUT2D eigenvalue weighted by molar-refractivity contribution is 5.81. The summed E-state index contributed by atoms with van der Waals surface area (Å²) >= 11 is 0. The van der Waals surface area contributed by atoms with Crippen LogP contribution in [0.3, 0.4) is 0 Å². The van der Waals surface area contributed by atoms with Crippen molar-refractivity contribution in [2.45, 2.75) is 51.6 Å². The molecule has 1 saturated carbocycles. The Morgan fingerprint density at radius 2 is 2.22 bits per heavy atom. The second-order valence-corrected chi connectivity index (χ2v) is 5.94. The number of rotatable bonds is 4. The fourth-order valence-corrected chi connectivity index (χ4v) is 3.43. The van der Waals surface area contributed by atoms with Gasteiger partial charge in [0.25, 0.3) is 0 Å². The van der Waals surface area contributed by atoms with E-state index in [1.165, 1.54) is 12.8 Å². The van der Waals surface area contributed by atoms with Gasteiger partial charge in [0, 0.05) is 25.7 Å². The number of nitrogens with two attached hydrogens (primary N) is 1. The molecular weight excluding hydrogens is 226 g/mol. The van der Waals surface area contributed by atoms with Gasteiger partial charge < -0.3 is 11.1 Å². The summed E-state index contributed by atoms with van der Waals surface area (Å²) in [5.74, 6) is 1.50. The zero-order valence-electron chi connectivity index (χ0n) is 11.7. The van der Waals surface area contributed by atoms with Crippen molar-refractivity contribution in [3.8, 4) is 0 Å². The molecule has 0 spiro atoms. The molecule has 0 radical (unpaired) electrons. The summed E-state index contributed by atoms with van der Waals surface area (Å²) < 4.78 is 0. The second-order valence-electron chi connectivity index (χ2n) is 5.94. The summed E-state index contributed by atoms with van der Waals surface area (Å²) in [6.45, 7) is 6.94. The molecule has 18 heavy (non-hydrogen) atoms. The van der Waals surface area contributed by atoms with E-state index < -0.39 is 0 Å². The standard InChI is InChI=1S/C14H27N3O/c1-3-7-16-14(18)10(2)17-8-11-5-4-6-13(15)12(11)9-17/h10-13H,3-9,15H2,1-2H3,(H,16,18). The Balaban J connectivity index is 1.89. The molecule has 0 aromatic carbocycles. The highest BCUT2D eigenvalue weighted by Crippen LogP contribution is 2.36. The number of nitrogens with zero attached hydrogens (tertiary/aromatic N) is 1. The summed E-state index contributed by atoms with van der Waals surface area (Å²) in [5.41, 5.74) is 6.21. The average Bonchev–Trinajstić information content (AvgIpc) is 2.80. The summed E-state index contributed by atoms with van der Waals surface area (Å²) in [7, 11) is 0. The first kappa shape index (κ1) is 13.8. The molecule has 1 saturated heterocycles. The van der Waals surface area contributed by atoms with Crippen LogP contribution in [0.4, 0.5) is 0 Å². The van der Waals surface area contributed by atoms with Crippen LogP contribution in [0.5, 0.6) is 0 Å². The van der Waals surface area contributed by atoms with Crippen LogP contribution in [0.25, 0.3) is 0 Å². The van der Waals surface area contributed by atoms with Gasteiger partial charge in [0.15, 0.2) is 0 Å². The van der Waals surface area contributed by atoms with E-state index in [2.05, 4.69) is 17.1 Å². The molecule has 4 heteroatoms. The first-order valence-electron chi connectivity index (χ1n) is 7.40. The Hall–Kier alpha value is -0.610. The van der Waals surface area contributed by atoms with Gasteiger partial charge in [-0.15, -0.1) is 0 Å². The van der Waals surface area contributed by atoms with Crippen LogP contribution < -0.4 is 11.1 Å². The Labute approximate surface area is 110 Å². The van der Waals surface area contributed by atoms with E-state index in [1.807, 2.05) is 6.92 Å². The third-order valence-electron chi connectivity index (χ3n) is 4.66. The predicted molar refractivity (Wildman–Crippen MR) is 73.1 cm³/mol. The van der Waals surface area contributed by atoms with Crippen molar-refractivity contribution in [3.05, 3.63) is 0 Å². The average molecular weight is 253 g/mol. The number of hydrogen-bond donors (Lipinski definition) is 2. The second kappa shape index (κ2) is 6.02. The van der Waals surface area contributed by atoms with Gasteiger partial charge in [-0.25, -0.2) is 0 Å². The lowest BCUT2D eigenvalue weighted by molar-refractivity contribution is -0.125. The molecule has 0 bridgehead atoms. The van der Waals surface area contributed by atoms with Crippen LogP contribution in [0.2, 0.25) is 0 Å². The minimum absolute atomic E-state index is 0.00523. The van der Waals surface area contributed by atoms with E-state index in [0.29, 0.717) is 12.0 Å². The highest BCUT2D eigenvalue weighted by atomic mass is 16.2. The monoisotopic (exact) mass is 253 g/mol. The molecular formula is C14H27N3O. The molecule has 4 nitrogen and oxygen atoms in total. The third-order valence-corrected chi connectivity index (χ3v) is 4.66. The van der Waals surface area contributed by atoms with Gasteiger partial charge in [-0.05, 0) is 38.0 Å². The van der Waals surface area contributed by atoms with E-state index in [0.717, 1.165) is 38.4 Å². The number of carbonyl (C=O) groups is 1. The van der Waals surface area contributed by atoms with Crippen LogP contribution in [0.1, 0.15) is 39.5 Å². The SMILES string of the molecule is CCCNC(=O)C(C)N1CC2CCCC(N)C2C1. The summed E-state index contributed by atoms with van der Waals surface area (Å²) in [6, 6.07) is 0.342. The van der Waals surface area contributed by atoms with Crippen LogP contribution in [0.15, 0.2) is 0 Å². The summed E-state index contributed by atoms with van der Waals surface area (Å²) in [4.78, 5) is 14.3. The molecule has 4 atom stereocenters. The Bertz CT molecular complexity index is 295. The fraction of sp³-hybridized carbons (Fsp3) is 0.929. The van der Waals surface area contributed by atoms with E-state index in [4.69, 9.17) is 5.73 Å². The van der Waals surface area contributed by atoms with Gasteiger partial charge in [-0.1, -0.05) is 13.3 Å². The Kier molecular flexibility index (Phi) is 4.62. The van der Waals surface area contributed by atoms with Gasteiger partial charge in [-0.2, -0.15) is 0 Å². The lowest BCUT2D eigenvalue weighted by Gasteiger charge is -2.30. The molecule has 4 unspecified atom stereocenters. The first-order chi connectivity index (χ1) is 8.63. The molecule has 2 rings (SSSR count). The van der Waals surface area contributed by atoms with Crippen molar-refractivity contribution in [3.63, 3.8) is 0 Å². The zero-order valence-corrected chi connectivity index (χ0v) is 11.7. The Morgan fingerprint density at radius 1 is 1.44 bits per heavy atom. The Morgan fingerprint density at radius 3 is 2.89 bits per heavy atom. The van der Waals surface area contributed by atoms with Gasteiger partial charge in [0.05, 0.1) is 6.04 Å². The van der Waals surface area contributed by atoms with Crippen molar-refractivity contribution >= 4 is 5.91 Å². The van der Waals surface area contributed by atoms with E-state index >= 15 is 0 Å². The van der Waals surface area contributed by atoms with Crippen molar-refractivity contribution in [1.82, 2.24) is 10.2 Å². The van der Waals surface area contributed by atoms with Gasteiger partial charge >= 0.3 is 0 Å². The largest absolute Gasteiger partial charge is 0.355 e. The zero-order chi connectivity index (χ0) is 13.1. The maximum Gasteiger partial charge on any atom is 0.237 e. The highest BCUT2D eigenvalue weighted by Gasteiger charge is 2.41. The smallest absolute Gasteiger partial charge is 0.237 e. The van der Waals surface area contributed by atoms with E-state index in [-0.39, 0.29) is 11.9 Å². The molecule has 104 valence electrons. The number of carbonyl (C=O) groups excluding carboxylic acids is 1. The van der Waals surface area contributed by atoms with Gasteiger partial charge in [0.2, 0.25) is 5.91 Å². The minimum atomic E-state index is -0.00523. The predicted octanol–water partition coefficient (Wildman–Crippen LogP) is 0.960. The van der Waals surface area contributed by atoms with Gasteiger partial charge in [0.1, 0.15) is 0 Å². The van der Waals surface area contributed by atoms with Crippen LogP contribution in [-0.2, 0) is 4.79 Å². The summed E-state index contributed by atoms with van der Waals surface area (Å²) in [6.07, 6.45) is 4.70. The van der Waals surface area contributed by atoms with Crippen LogP contribution >= 0.6 is 0 Å². The molecule has 0 aromatic rings. The molecule has 1 amide bonds. The lowest BCUT2D eigenvalue weighted by Crippen LogP contribution is -2.45. The molecule has 1 heterocycles. The number of fused-ring (bicyclic) bond motifs is 1. The van der Waals surface area contributed by atoms with E-state index in [1.54, 1.807) is 0 Å². The van der Waals surface area contributed by atoms with E-state index in [9.17, 15) is 4.79 Å². The number of likely N-dealkylation sites (tertiary alicyclic amines) is 1. The quantitative estimate of drug-likeness (QED) is 0.784. The first-order valence-corrected chi connectivity index (χ1v) is 7.40. The van der Waals surface area contributed by atoms with Crippen LogP contribution in [-0.4, -0.2) is 42.5 Å². The molecule has 2 aliphatic rings.